The van der Waals surface area contributed by atoms with Crippen molar-refractivity contribution in [1.29, 1.82) is 0 Å². The molecule has 2 atom stereocenters. The first-order chi connectivity index (χ1) is 18.3. The van der Waals surface area contributed by atoms with E-state index in [2.05, 4.69) is 5.10 Å². The maximum absolute atomic E-state index is 13.9. The molecule has 2 heterocycles. The first-order valence-electron chi connectivity index (χ1n) is 13.2. The molecular formula is C27H35F3N4O4. The second-order valence-corrected chi connectivity index (χ2v) is 10.1. The maximum Gasteiger partial charge on any atom is 0.316 e. The van der Waals surface area contributed by atoms with Gasteiger partial charge in [-0.25, -0.2) is 8.78 Å². The highest BCUT2D eigenvalue weighted by molar-refractivity contribution is 5.78. The van der Waals surface area contributed by atoms with Gasteiger partial charge in [-0.3, -0.25) is 14.0 Å². The Hall–Kier alpha value is -3.08. The number of hydrogen-bond acceptors (Lipinski definition) is 6. The monoisotopic (exact) mass is 536 g/mol. The first kappa shape index (κ1) is 27.9. The minimum atomic E-state index is -0.824. The molecule has 0 N–H and O–H groups in total. The molecule has 1 amide bonds. The average molecular weight is 537 g/mol. The van der Waals surface area contributed by atoms with Gasteiger partial charge in [-0.1, -0.05) is 13.8 Å². The molecule has 8 nitrogen and oxygen atoms in total. The summed E-state index contributed by atoms with van der Waals surface area (Å²) < 4.78 is 53.2. The second kappa shape index (κ2) is 12.6. The van der Waals surface area contributed by atoms with Crippen molar-refractivity contribution in [3.05, 3.63) is 46.4 Å². The van der Waals surface area contributed by atoms with Gasteiger partial charge in [0, 0.05) is 51.2 Å². The van der Waals surface area contributed by atoms with Crippen molar-refractivity contribution in [3.63, 3.8) is 0 Å². The van der Waals surface area contributed by atoms with E-state index < -0.39 is 17.2 Å². The number of anilines is 1. The molecular weight excluding hydrogens is 501 g/mol. The lowest BCUT2D eigenvalue weighted by Crippen LogP contribution is -2.50. The van der Waals surface area contributed by atoms with E-state index in [1.54, 1.807) is 4.90 Å². The summed E-state index contributed by atoms with van der Waals surface area (Å²) in [6, 6.07) is 2.80. The third-order valence-electron chi connectivity index (χ3n) is 6.94. The number of amides is 1. The number of alkyl halides is 1. The van der Waals surface area contributed by atoms with Crippen LogP contribution in [-0.2, 0) is 9.53 Å². The van der Waals surface area contributed by atoms with Crippen molar-refractivity contribution in [3.8, 4) is 11.4 Å². The van der Waals surface area contributed by atoms with Crippen LogP contribution in [0.25, 0.3) is 5.69 Å². The summed E-state index contributed by atoms with van der Waals surface area (Å²) in [4.78, 5) is 29.8. The van der Waals surface area contributed by atoms with E-state index in [0.29, 0.717) is 64.2 Å². The number of halogens is 3. The molecule has 0 bridgehead atoms. The Morgan fingerprint density at radius 3 is 2.39 bits per heavy atom. The number of unbranched alkanes of at least 4 members (excludes halogenated alkanes) is 1. The summed E-state index contributed by atoms with van der Waals surface area (Å²) in [6.07, 6.45) is 4.23. The van der Waals surface area contributed by atoms with Crippen LogP contribution in [0.5, 0.6) is 5.75 Å². The zero-order chi connectivity index (χ0) is 27.2. The van der Waals surface area contributed by atoms with Crippen LogP contribution in [-0.4, -0.2) is 72.3 Å². The lowest BCUT2D eigenvalue weighted by atomic mass is 10.1. The summed E-state index contributed by atoms with van der Waals surface area (Å²) >= 11 is 0. The highest BCUT2D eigenvalue weighted by Gasteiger charge is 2.31. The van der Waals surface area contributed by atoms with Gasteiger partial charge in [0.15, 0.2) is 0 Å². The molecule has 0 spiro atoms. The number of rotatable bonds is 10. The van der Waals surface area contributed by atoms with E-state index in [1.807, 2.05) is 18.7 Å². The number of benzene rings is 1. The molecule has 1 aliphatic carbocycles. The molecule has 1 aromatic carbocycles. The van der Waals surface area contributed by atoms with Crippen molar-refractivity contribution in [2.24, 2.45) is 5.92 Å². The topological polar surface area (TPSA) is 76.9 Å². The molecule has 1 aromatic heterocycles. The Labute approximate surface area is 220 Å². The quantitative estimate of drug-likeness (QED) is 0.429. The van der Waals surface area contributed by atoms with Crippen molar-refractivity contribution < 1.29 is 27.4 Å². The molecule has 1 aliphatic heterocycles. The highest BCUT2D eigenvalue weighted by atomic mass is 19.1. The predicted molar refractivity (Wildman–Crippen MR) is 137 cm³/mol. The third kappa shape index (κ3) is 6.67. The molecule has 2 unspecified atom stereocenters. The fourth-order valence-corrected chi connectivity index (χ4v) is 4.92. The summed E-state index contributed by atoms with van der Waals surface area (Å²) in [5.74, 6) is -1.63. The zero-order valence-electron chi connectivity index (χ0n) is 21.9. The van der Waals surface area contributed by atoms with Gasteiger partial charge in [-0.05, 0) is 37.8 Å². The lowest BCUT2D eigenvalue weighted by Gasteiger charge is -2.37. The molecule has 1 saturated heterocycles. The van der Waals surface area contributed by atoms with Gasteiger partial charge < -0.3 is 19.3 Å². The Balaban J connectivity index is 1.57. The number of carbonyl (C=O) groups excluding carboxylic acids is 1. The molecule has 208 valence electrons. The summed E-state index contributed by atoms with van der Waals surface area (Å²) in [5, 5.41) is 4.21. The van der Waals surface area contributed by atoms with Crippen LogP contribution in [0.15, 0.2) is 29.2 Å². The minimum Gasteiger partial charge on any atom is -0.483 e. The smallest absolute Gasteiger partial charge is 0.316 e. The fraction of sp³-hybridized carbons (Fsp3) is 0.593. The number of piperazine rings is 1. The van der Waals surface area contributed by atoms with Gasteiger partial charge in [-0.15, -0.1) is 0 Å². The van der Waals surface area contributed by atoms with Crippen molar-refractivity contribution >= 4 is 11.6 Å². The van der Waals surface area contributed by atoms with E-state index >= 15 is 0 Å². The molecule has 0 radical (unpaired) electrons. The number of ether oxygens (including phenoxy) is 2. The van der Waals surface area contributed by atoms with E-state index in [1.165, 1.54) is 6.20 Å². The predicted octanol–water partition coefficient (Wildman–Crippen LogP) is 3.88. The van der Waals surface area contributed by atoms with Gasteiger partial charge in [0.05, 0.1) is 24.7 Å². The van der Waals surface area contributed by atoms with Crippen LogP contribution >= 0.6 is 0 Å². The van der Waals surface area contributed by atoms with Gasteiger partial charge in [0.1, 0.15) is 23.4 Å². The van der Waals surface area contributed by atoms with Crippen LogP contribution < -0.4 is 15.2 Å². The van der Waals surface area contributed by atoms with E-state index in [-0.39, 0.29) is 42.1 Å². The molecule has 38 heavy (non-hydrogen) atoms. The van der Waals surface area contributed by atoms with Crippen molar-refractivity contribution in [1.82, 2.24) is 14.7 Å². The van der Waals surface area contributed by atoms with E-state index in [9.17, 15) is 22.8 Å². The number of nitrogens with zero attached hydrogens (tertiary/aromatic N) is 4. The lowest BCUT2D eigenvalue weighted by molar-refractivity contribution is -0.134. The average Bonchev–Trinajstić information content (AvgIpc) is 3.34. The van der Waals surface area contributed by atoms with Crippen molar-refractivity contribution in [2.75, 3.05) is 44.4 Å². The summed E-state index contributed by atoms with van der Waals surface area (Å²) in [5.41, 5.74) is -0.190. The Kier molecular flexibility index (Phi) is 9.30. The van der Waals surface area contributed by atoms with E-state index in [0.717, 1.165) is 29.3 Å². The van der Waals surface area contributed by atoms with Crippen LogP contribution in [0.4, 0.5) is 18.9 Å². The van der Waals surface area contributed by atoms with Gasteiger partial charge in [-0.2, -0.15) is 9.78 Å². The summed E-state index contributed by atoms with van der Waals surface area (Å²) in [6.45, 7) is 5.78. The SMILES string of the molecule is CC(C)C(=O)N1CCN(c2cnn(-c3cc(F)cc(F)c3)c(=O)c2OC2CCC(OCCCCF)C2)CC1. The largest absolute Gasteiger partial charge is 0.483 e. The van der Waals surface area contributed by atoms with Gasteiger partial charge in [0.25, 0.3) is 0 Å². The molecule has 2 aliphatic rings. The normalized spacial score (nSPS) is 19.8. The molecule has 2 fully saturated rings. The molecule has 4 rings (SSSR count). The zero-order valence-corrected chi connectivity index (χ0v) is 21.9. The number of hydrogen-bond donors (Lipinski definition) is 0. The fourth-order valence-electron chi connectivity index (χ4n) is 4.92. The maximum atomic E-state index is 13.9. The standard InChI is InChI=1S/C27H35F3N4O4/c1-18(2)26(35)33-10-8-32(9-11-33)24-17-31-34(21-14-19(29)13-20(30)15-21)27(36)25(24)38-23-6-5-22(16-23)37-12-4-3-7-28/h13-15,17-18,22-23H,3-12,16H2,1-2H3. The van der Waals surface area contributed by atoms with Gasteiger partial charge >= 0.3 is 5.56 Å². The molecule has 1 saturated carbocycles. The van der Waals surface area contributed by atoms with Crippen LogP contribution in [0.3, 0.4) is 0 Å². The first-order valence-corrected chi connectivity index (χ1v) is 13.2. The molecule has 11 heteroatoms. The second-order valence-electron chi connectivity index (χ2n) is 10.1. The van der Waals surface area contributed by atoms with Crippen LogP contribution in [0, 0.1) is 17.6 Å². The number of aromatic nitrogens is 2. The number of carbonyl (C=O) groups is 1. The Bertz CT molecular complexity index is 1150. The minimum absolute atomic E-state index is 0.0447. The van der Waals surface area contributed by atoms with Gasteiger partial charge in [0.2, 0.25) is 11.7 Å². The van der Waals surface area contributed by atoms with Crippen LogP contribution in [0.1, 0.15) is 46.0 Å². The Morgan fingerprint density at radius 1 is 1.05 bits per heavy atom. The van der Waals surface area contributed by atoms with Crippen LogP contribution in [0.2, 0.25) is 0 Å². The Morgan fingerprint density at radius 2 is 1.74 bits per heavy atom. The highest BCUT2D eigenvalue weighted by Crippen LogP contribution is 2.31. The summed E-state index contributed by atoms with van der Waals surface area (Å²) in [7, 11) is 0. The van der Waals surface area contributed by atoms with Crippen molar-refractivity contribution in [2.45, 2.75) is 58.2 Å². The van der Waals surface area contributed by atoms with E-state index in [4.69, 9.17) is 9.47 Å². The third-order valence-corrected chi connectivity index (χ3v) is 6.94. The molecule has 2 aromatic rings.